The van der Waals surface area contributed by atoms with Crippen molar-refractivity contribution >= 4 is 40.1 Å². The molecule has 0 amide bonds. The van der Waals surface area contributed by atoms with Gasteiger partial charge in [0.2, 0.25) is 5.78 Å². The number of ether oxygens (including phenoxy) is 3. The number of nitrogens with zero attached hydrogens (tertiary/aromatic N) is 1. The number of hydrogen-bond acceptors (Lipinski definition) is 5. The van der Waals surface area contributed by atoms with Crippen molar-refractivity contribution in [3.8, 4) is 17.2 Å². The molecule has 182 valence electrons. The molecule has 3 aromatic carbocycles. The first-order valence-electron chi connectivity index (χ1n) is 11.6. The molecule has 6 nitrogen and oxygen atoms in total. The van der Waals surface area contributed by atoms with Crippen molar-refractivity contribution in [1.29, 1.82) is 0 Å². The zero-order chi connectivity index (χ0) is 25.4. The third-order valence-corrected chi connectivity index (χ3v) is 6.56. The maximum absolute atomic E-state index is 13.1. The topological polar surface area (TPSA) is 66.8 Å². The second-order valence-corrected chi connectivity index (χ2v) is 8.91. The number of carbonyl (C=O) groups is 2. The molecule has 0 saturated carbocycles. The zero-order valence-electron chi connectivity index (χ0n) is 20.1. The van der Waals surface area contributed by atoms with Crippen LogP contribution in [-0.2, 0) is 6.54 Å². The summed E-state index contributed by atoms with van der Waals surface area (Å²) in [6.45, 7) is 4.52. The van der Waals surface area contributed by atoms with Crippen molar-refractivity contribution in [3.05, 3.63) is 93.8 Å². The largest absolute Gasteiger partial charge is 0.497 e. The van der Waals surface area contributed by atoms with Crippen LogP contribution in [-0.4, -0.2) is 29.9 Å². The fourth-order valence-electron chi connectivity index (χ4n) is 4.34. The molecular weight excluding hydrogens is 478 g/mol. The maximum atomic E-state index is 13.1. The third-order valence-electron chi connectivity index (χ3n) is 6.31. The summed E-state index contributed by atoms with van der Waals surface area (Å²) in [5.74, 6) is 1.53. The van der Waals surface area contributed by atoms with E-state index in [0.717, 1.165) is 28.8 Å². The lowest BCUT2D eigenvalue weighted by Crippen LogP contribution is -2.12. The molecule has 36 heavy (non-hydrogen) atoms. The fraction of sp³-hybridized carbons (Fsp3) is 0.172. The quantitative estimate of drug-likeness (QED) is 0.213. The lowest BCUT2D eigenvalue weighted by atomic mass is 10.1. The van der Waals surface area contributed by atoms with Gasteiger partial charge in [-0.25, -0.2) is 0 Å². The number of carbonyl (C=O) groups excluding carboxylic acids is 2. The Hall–Kier alpha value is -4.03. The average molecular weight is 502 g/mol. The number of rotatable bonds is 7. The number of fused-ring (bicyclic) bond motifs is 2. The van der Waals surface area contributed by atoms with Crippen LogP contribution in [0.4, 0.5) is 0 Å². The summed E-state index contributed by atoms with van der Waals surface area (Å²) in [5, 5.41) is 1.53. The molecule has 2 heterocycles. The van der Waals surface area contributed by atoms with E-state index in [1.165, 1.54) is 0 Å². The van der Waals surface area contributed by atoms with Gasteiger partial charge in [0.15, 0.2) is 18.1 Å². The highest BCUT2D eigenvalue weighted by molar-refractivity contribution is 6.30. The Morgan fingerprint density at radius 2 is 1.89 bits per heavy atom. The summed E-state index contributed by atoms with van der Waals surface area (Å²) < 4.78 is 19.3. The van der Waals surface area contributed by atoms with Crippen LogP contribution in [0.25, 0.3) is 17.0 Å². The summed E-state index contributed by atoms with van der Waals surface area (Å²) in [6.07, 6.45) is 3.76. The molecule has 7 heteroatoms. The molecule has 0 fully saturated rings. The van der Waals surface area contributed by atoms with Crippen molar-refractivity contribution in [2.45, 2.75) is 20.4 Å². The van der Waals surface area contributed by atoms with Crippen LogP contribution in [0.5, 0.6) is 17.2 Å². The van der Waals surface area contributed by atoms with Crippen molar-refractivity contribution in [2.75, 3.05) is 13.7 Å². The van der Waals surface area contributed by atoms with Crippen molar-refractivity contribution in [1.82, 2.24) is 4.57 Å². The summed E-state index contributed by atoms with van der Waals surface area (Å²) in [7, 11) is 1.63. The molecule has 0 bridgehead atoms. The van der Waals surface area contributed by atoms with Gasteiger partial charge in [0.25, 0.3) is 0 Å². The number of allylic oxidation sites excluding steroid dienone is 1. The minimum atomic E-state index is -0.197. The van der Waals surface area contributed by atoms with Gasteiger partial charge in [-0.1, -0.05) is 11.6 Å². The summed E-state index contributed by atoms with van der Waals surface area (Å²) in [4.78, 5) is 25.6. The van der Waals surface area contributed by atoms with Gasteiger partial charge in [-0.2, -0.15) is 0 Å². The predicted octanol–water partition coefficient (Wildman–Crippen LogP) is 6.51. The van der Waals surface area contributed by atoms with Gasteiger partial charge in [-0.3, -0.25) is 9.59 Å². The minimum absolute atomic E-state index is 0.143. The van der Waals surface area contributed by atoms with E-state index in [1.54, 1.807) is 49.6 Å². The fourth-order valence-corrected chi connectivity index (χ4v) is 4.46. The Balaban J connectivity index is 1.41. The van der Waals surface area contributed by atoms with Crippen molar-refractivity contribution in [2.24, 2.45) is 0 Å². The van der Waals surface area contributed by atoms with E-state index in [9.17, 15) is 9.59 Å². The van der Waals surface area contributed by atoms with Crippen LogP contribution in [0.1, 0.15) is 38.8 Å². The van der Waals surface area contributed by atoms with Gasteiger partial charge < -0.3 is 18.8 Å². The van der Waals surface area contributed by atoms with E-state index in [4.69, 9.17) is 25.8 Å². The van der Waals surface area contributed by atoms with Gasteiger partial charge in [-0.05, 0) is 74.5 Å². The van der Waals surface area contributed by atoms with Gasteiger partial charge in [0.05, 0.1) is 12.7 Å². The number of Topliss-reactive ketones (excluding diaryl/α,β-unsaturated/α-hetero) is 2. The Kier molecular flexibility index (Phi) is 6.29. The monoisotopic (exact) mass is 501 g/mol. The zero-order valence-corrected chi connectivity index (χ0v) is 20.9. The first-order chi connectivity index (χ1) is 17.4. The molecule has 1 aromatic heterocycles. The minimum Gasteiger partial charge on any atom is -0.497 e. The first-order valence-corrected chi connectivity index (χ1v) is 11.9. The Bertz CT molecular complexity index is 1530. The van der Waals surface area contributed by atoms with E-state index >= 15 is 0 Å². The van der Waals surface area contributed by atoms with E-state index in [2.05, 4.69) is 11.5 Å². The Morgan fingerprint density at radius 3 is 2.61 bits per heavy atom. The molecule has 5 rings (SSSR count). The second kappa shape index (κ2) is 9.55. The normalized spacial score (nSPS) is 13.7. The molecule has 0 spiro atoms. The number of benzene rings is 3. The Labute approximate surface area is 213 Å². The smallest absolute Gasteiger partial charge is 0.231 e. The number of aryl methyl sites for hydroxylation is 1. The number of aromatic nitrogens is 1. The summed E-state index contributed by atoms with van der Waals surface area (Å²) >= 11 is 5.89. The van der Waals surface area contributed by atoms with Crippen LogP contribution in [0.15, 0.2) is 66.6 Å². The van der Waals surface area contributed by atoms with E-state index in [0.29, 0.717) is 33.2 Å². The van der Waals surface area contributed by atoms with E-state index < -0.39 is 0 Å². The second-order valence-electron chi connectivity index (χ2n) is 8.48. The van der Waals surface area contributed by atoms with Crippen LogP contribution >= 0.6 is 11.6 Å². The summed E-state index contributed by atoms with van der Waals surface area (Å²) in [6, 6.07) is 15.9. The SMILES string of the molecule is CCn1cc(/C=C2\Oc3c(ccc(OCC(=O)c4ccc(Cl)cc4)c3C)C2=O)c2cc(OC)ccc21. The average Bonchev–Trinajstić information content (AvgIpc) is 3.41. The first kappa shape index (κ1) is 23.7. The number of hydrogen-bond donors (Lipinski definition) is 0. The number of halogens is 1. The van der Waals surface area contributed by atoms with Crippen molar-refractivity contribution in [3.63, 3.8) is 0 Å². The highest BCUT2D eigenvalue weighted by Gasteiger charge is 2.30. The van der Waals surface area contributed by atoms with Crippen LogP contribution < -0.4 is 14.2 Å². The van der Waals surface area contributed by atoms with E-state index in [-0.39, 0.29) is 23.9 Å². The summed E-state index contributed by atoms with van der Waals surface area (Å²) in [5.41, 5.74) is 3.55. The molecule has 0 aliphatic carbocycles. The molecule has 1 aliphatic heterocycles. The molecule has 0 radical (unpaired) electrons. The molecule has 0 N–H and O–H groups in total. The molecule has 0 unspecified atom stereocenters. The van der Waals surface area contributed by atoms with Crippen molar-refractivity contribution < 1.29 is 23.8 Å². The van der Waals surface area contributed by atoms with Gasteiger partial charge in [0.1, 0.15) is 17.2 Å². The lowest BCUT2D eigenvalue weighted by molar-refractivity contribution is 0.0920. The van der Waals surface area contributed by atoms with Gasteiger partial charge in [0, 0.05) is 45.4 Å². The highest BCUT2D eigenvalue weighted by atomic mass is 35.5. The molecular formula is C29H24ClNO5. The maximum Gasteiger partial charge on any atom is 0.231 e. The van der Waals surface area contributed by atoms with Gasteiger partial charge >= 0.3 is 0 Å². The van der Waals surface area contributed by atoms with Crippen LogP contribution in [0, 0.1) is 6.92 Å². The lowest BCUT2D eigenvalue weighted by Gasteiger charge is -2.11. The molecule has 1 aliphatic rings. The Morgan fingerprint density at radius 1 is 1.11 bits per heavy atom. The third kappa shape index (κ3) is 4.25. The van der Waals surface area contributed by atoms with Crippen LogP contribution in [0.3, 0.4) is 0 Å². The van der Waals surface area contributed by atoms with E-state index in [1.807, 2.05) is 31.3 Å². The molecule has 0 saturated heterocycles. The number of ketones is 2. The number of methoxy groups -OCH3 is 1. The van der Waals surface area contributed by atoms with Gasteiger partial charge in [-0.15, -0.1) is 0 Å². The predicted molar refractivity (Wildman–Crippen MR) is 140 cm³/mol. The highest BCUT2D eigenvalue weighted by Crippen LogP contribution is 2.40. The molecule has 4 aromatic rings. The van der Waals surface area contributed by atoms with Crippen LogP contribution in [0.2, 0.25) is 5.02 Å². The molecule has 0 atom stereocenters. The standard InChI is InChI=1S/C29H24ClNO5/c1-4-31-15-19(23-14-21(34-3)9-11-24(23)31)13-27-28(33)22-10-12-26(17(2)29(22)36-27)35-16-25(32)18-5-7-20(30)8-6-18/h5-15H,4,16H2,1-3H3/b27-13-.